The van der Waals surface area contributed by atoms with Gasteiger partial charge in [0.25, 0.3) is 5.91 Å². The molecule has 2 fully saturated rings. The highest BCUT2D eigenvalue weighted by Crippen LogP contribution is 2.38. The number of carbonyl (C=O) groups excluding carboxylic acids is 3. The lowest BCUT2D eigenvalue weighted by atomic mass is 9.73. The van der Waals surface area contributed by atoms with E-state index in [0.29, 0.717) is 12.1 Å². The van der Waals surface area contributed by atoms with Crippen LogP contribution in [0.3, 0.4) is 0 Å². The lowest BCUT2D eigenvalue weighted by molar-refractivity contribution is -0.136. The molecule has 2 aromatic rings. The standard InChI is InChI=1S/C20H22N4O3/c1-13-6-2-3-10-20(13)18(26)24(19(27)23-20)12-17(25)22-16-9-4-8-15-14(16)7-5-11-21-15/h4-5,7-9,11,13H,2-3,6,10,12H2,1H3,(H,22,25)(H,23,27). The molecule has 2 unspecified atom stereocenters. The highest BCUT2D eigenvalue weighted by molar-refractivity contribution is 6.11. The molecule has 2 aliphatic rings. The quantitative estimate of drug-likeness (QED) is 0.817. The van der Waals surface area contributed by atoms with E-state index in [1.54, 1.807) is 24.4 Å². The van der Waals surface area contributed by atoms with Gasteiger partial charge in [-0.15, -0.1) is 0 Å². The van der Waals surface area contributed by atoms with Gasteiger partial charge >= 0.3 is 6.03 Å². The van der Waals surface area contributed by atoms with Crippen molar-refractivity contribution in [3.8, 4) is 0 Å². The average Bonchev–Trinajstić information content (AvgIpc) is 2.89. The number of rotatable bonds is 3. The highest BCUT2D eigenvalue weighted by Gasteiger charge is 2.55. The summed E-state index contributed by atoms with van der Waals surface area (Å²) < 4.78 is 0. The number of benzene rings is 1. The van der Waals surface area contributed by atoms with Crippen molar-refractivity contribution in [2.45, 2.75) is 38.1 Å². The van der Waals surface area contributed by atoms with Crippen molar-refractivity contribution in [3.05, 3.63) is 36.5 Å². The van der Waals surface area contributed by atoms with Crippen LogP contribution < -0.4 is 10.6 Å². The Labute approximate surface area is 157 Å². The number of fused-ring (bicyclic) bond motifs is 1. The van der Waals surface area contributed by atoms with E-state index in [1.165, 1.54) is 0 Å². The van der Waals surface area contributed by atoms with Crippen molar-refractivity contribution in [2.75, 3.05) is 11.9 Å². The second kappa shape index (κ2) is 6.64. The minimum Gasteiger partial charge on any atom is -0.324 e. The van der Waals surface area contributed by atoms with Gasteiger partial charge in [0.05, 0.1) is 11.2 Å². The van der Waals surface area contributed by atoms with Gasteiger partial charge in [0.1, 0.15) is 12.1 Å². The number of amides is 4. The van der Waals surface area contributed by atoms with E-state index in [9.17, 15) is 14.4 Å². The van der Waals surface area contributed by atoms with Crippen molar-refractivity contribution in [1.29, 1.82) is 0 Å². The Balaban J connectivity index is 1.51. The molecular weight excluding hydrogens is 344 g/mol. The van der Waals surface area contributed by atoms with Gasteiger partial charge in [0, 0.05) is 11.6 Å². The molecule has 140 valence electrons. The second-order valence-corrected chi connectivity index (χ2v) is 7.36. The summed E-state index contributed by atoms with van der Waals surface area (Å²) in [6.45, 7) is 1.69. The first-order valence-corrected chi connectivity index (χ1v) is 9.29. The normalized spacial score (nSPS) is 25.1. The first-order valence-electron chi connectivity index (χ1n) is 9.29. The molecule has 4 amide bonds. The van der Waals surface area contributed by atoms with E-state index in [4.69, 9.17) is 0 Å². The van der Waals surface area contributed by atoms with Crippen LogP contribution in [0.5, 0.6) is 0 Å². The summed E-state index contributed by atoms with van der Waals surface area (Å²) in [4.78, 5) is 43.2. The van der Waals surface area contributed by atoms with Crippen LogP contribution in [0.2, 0.25) is 0 Å². The SMILES string of the molecule is CC1CCCCC12NC(=O)N(CC(=O)Nc1cccc3ncccc13)C2=O. The van der Waals surface area contributed by atoms with Crippen molar-refractivity contribution < 1.29 is 14.4 Å². The summed E-state index contributed by atoms with van der Waals surface area (Å²) in [5.74, 6) is -0.621. The number of hydrogen-bond donors (Lipinski definition) is 2. The van der Waals surface area contributed by atoms with Gasteiger partial charge in [-0.1, -0.05) is 25.8 Å². The first-order chi connectivity index (χ1) is 13.0. The zero-order valence-corrected chi connectivity index (χ0v) is 15.2. The van der Waals surface area contributed by atoms with Gasteiger partial charge in [0.2, 0.25) is 5.91 Å². The number of aromatic nitrogens is 1. The molecule has 2 atom stereocenters. The van der Waals surface area contributed by atoms with Crippen molar-refractivity contribution in [3.63, 3.8) is 0 Å². The molecule has 1 saturated carbocycles. The Hall–Kier alpha value is -2.96. The van der Waals surface area contributed by atoms with Gasteiger partial charge < -0.3 is 10.6 Å². The second-order valence-electron chi connectivity index (χ2n) is 7.36. The average molecular weight is 366 g/mol. The van der Waals surface area contributed by atoms with Crippen LogP contribution in [-0.4, -0.2) is 39.8 Å². The smallest absolute Gasteiger partial charge is 0.324 e. The topological polar surface area (TPSA) is 91.4 Å². The van der Waals surface area contributed by atoms with Crippen LogP contribution in [0.15, 0.2) is 36.5 Å². The Kier molecular flexibility index (Phi) is 4.30. The zero-order valence-electron chi connectivity index (χ0n) is 15.2. The van der Waals surface area contributed by atoms with Crippen LogP contribution in [0, 0.1) is 5.92 Å². The lowest BCUT2D eigenvalue weighted by Gasteiger charge is -2.36. The number of hydrogen-bond acceptors (Lipinski definition) is 4. The van der Waals surface area contributed by atoms with E-state index in [-0.39, 0.29) is 18.4 Å². The van der Waals surface area contributed by atoms with E-state index in [1.807, 2.05) is 19.1 Å². The number of imide groups is 1. The van der Waals surface area contributed by atoms with Crippen molar-refractivity contribution >= 4 is 34.4 Å². The predicted octanol–water partition coefficient (Wildman–Crippen LogP) is 2.67. The number of nitrogens with zero attached hydrogens (tertiary/aromatic N) is 2. The van der Waals surface area contributed by atoms with E-state index in [2.05, 4.69) is 15.6 Å². The number of carbonyl (C=O) groups is 3. The van der Waals surface area contributed by atoms with E-state index >= 15 is 0 Å². The minimum atomic E-state index is -0.848. The zero-order chi connectivity index (χ0) is 19.0. The van der Waals surface area contributed by atoms with Crippen LogP contribution in [0.4, 0.5) is 10.5 Å². The minimum absolute atomic E-state index is 0.0694. The lowest BCUT2D eigenvalue weighted by Crippen LogP contribution is -2.54. The fourth-order valence-electron chi connectivity index (χ4n) is 4.18. The molecule has 7 nitrogen and oxygen atoms in total. The van der Waals surface area contributed by atoms with E-state index in [0.717, 1.165) is 35.1 Å². The molecule has 0 radical (unpaired) electrons. The molecule has 7 heteroatoms. The molecule has 1 aromatic heterocycles. The molecule has 1 aliphatic heterocycles. The first kappa shape index (κ1) is 17.5. The fraction of sp³-hybridized carbons (Fsp3) is 0.400. The Morgan fingerprint density at radius 3 is 2.96 bits per heavy atom. The summed E-state index contributed by atoms with van der Waals surface area (Å²) >= 11 is 0. The maximum atomic E-state index is 13.0. The molecule has 2 N–H and O–H groups in total. The summed E-state index contributed by atoms with van der Waals surface area (Å²) in [5.41, 5.74) is 0.526. The molecule has 2 heterocycles. The predicted molar refractivity (Wildman–Crippen MR) is 101 cm³/mol. The number of nitrogens with one attached hydrogen (secondary N) is 2. The van der Waals surface area contributed by atoms with Gasteiger partial charge in [-0.2, -0.15) is 0 Å². The number of pyridine rings is 1. The van der Waals surface area contributed by atoms with Gasteiger partial charge in [-0.25, -0.2) is 4.79 Å². The molecule has 1 spiro atoms. The third-order valence-electron chi connectivity index (χ3n) is 5.72. The third kappa shape index (κ3) is 2.93. The molecule has 1 aliphatic carbocycles. The Morgan fingerprint density at radius 1 is 1.30 bits per heavy atom. The van der Waals surface area contributed by atoms with Crippen LogP contribution in [0.25, 0.3) is 10.9 Å². The molecule has 1 aromatic carbocycles. The number of anilines is 1. The molecule has 1 saturated heterocycles. The molecule has 4 rings (SSSR count). The molecule has 27 heavy (non-hydrogen) atoms. The molecule has 0 bridgehead atoms. The summed E-state index contributed by atoms with van der Waals surface area (Å²) in [6.07, 6.45) is 5.17. The van der Waals surface area contributed by atoms with Gasteiger partial charge in [-0.05, 0) is 43.0 Å². The van der Waals surface area contributed by atoms with Crippen molar-refractivity contribution in [1.82, 2.24) is 15.2 Å². The maximum Gasteiger partial charge on any atom is 0.325 e. The van der Waals surface area contributed by atoms with Crippen LogP contribution in [0.1, 0.15) is 32.6 Å². The largest absolute Gasteiger partial charge is 0.325 e. The Bertz CT molecular complexity index is 923. The van der Waals surface area contributed by atoms with Crippen LogP contribution >= 0.6 is 0 Å². The molecular formula is C20H22N4O3. The Morgan fingerprint density at radius 2 is 2.15 bits per heavy atom. The summed E-state index contributed by atoms with van der Waals surface area (Å²) in [6, 6.07) is 8.61. The highest BCUT2D eigenvalue weighted by atomic mass is 16.2. The van der Waals surface area contributed by atoms with Crippen molar-refractivity contribution in [2.24, 2.45) is 5.92 Å². The number of urea groups is 1. The third-order valence-corrected chi connectivity index (χ3v) is 5.72. The van der Waals surface area contributed by atoms with E-state index < -0.39 is 17.5 Å². The summed E-state index contributed by atoms with van der Waals surface area (Å²) in [7, 11) is 0. The fourth-order valence-corrected chi connectivity index (χ4v) is 4.18. The monoisotopic (exact) mass is 366 g/mol. The van der Waals surface area contributed by atoms with Crippen LogP contribution in [-0.2, 0) is 9.59 Å². The summed E-state index contributed by atoms with van der Waals surface area (Å²) in [5, 5.41) is 6.48. The maximum absolute atomic E-state index is 13.0. The van der Waals surface area contributed by atoms with Gasteiger partial charge in [0.15, 0.2) is 0 Å². The van der Waals surface area contributed by atoms with Gasteiger partial charge in [-0.3, -0.25) is 19.5 Å².